The number of furan rings is 2. The van der Waals surface area contributed by atoms with Crippen LogP contribution in [0.5, 0.6) is 0 Å². The zero-order valence-electron chi connectivity index (χ0n) is 31.1. The summed E-state index contributed by atoms with van der Waals surface area (Å²) in [7, 11) is 0. The average molecular weight is 742 g/mol. The van der Waals surface area contributed by atoms with Crippen molar-refractivity contribution in [1.82, 2.24) is 15.0 Å². The summed E-state index contributed by atoms with van der Waals surface area (Å²) in [6, 6.07) is 65.0. The van der Waals surface area contributed by atoms with Crippen molar-refractivity contribution in [1.29, 1.82) is 0 Å². The van der Waals surface area contributed by atoms with Gasteiger partial charge in [0.1, 0.15) is 22.3 Å². The molecule has 270 valence electrons. The van der Waals surface area contributed by atoms with E-state index in [0.29, 0.717) is 17.5 Å². The summed E-state index contributed by atoms with van der Waals surface area (Å²) in [6.45, 7) is 0. The maximum Gasteiger partial charge on any atom is 0.164 e. The van der Waals surface area contributed by atoms with Crippen LogP contribution in [0.2, 0.25) is 0 Å². The molecule has 5 heteroatoms. The van der Waals surface area contributed by atoms with Crippen molar-refractivity contribution in [2.24, 2.45) is 0 Å². The lowest BCUT2D eigenvalue weighted by molar-refractivity contribution is 0.669. The normalized spacial score (nSPS) is 11.8. The van der Waals surface area contributed by atoms with Crippen molar-refractivity contribution < 1.29 is 8.83 Å². The summed E-state index contributed by atoms with van der Waals surface area (Å²) in [4.78, 5) is 15.5. The Hall–Kier alpha value is -7.89. The number of aromatic nitrogens is 3. The highest BCUT2D eigenvalue weighted by molar-refractivity contribution is 6.19. The second-order valence-corrected chi connectivity index (χ2v) is 14.6. The van der Waals surface area contributed by atoms with Crippen molar-refractivity contribution in [3.05, 3.63) is 188 Å². The topological polar surface area (TPSA) is 65.0 Å². The number of hydrogen-bond donors (Lipinski definition) is 0. The Balaban J connectivity index is 1.07. The predicted molar refractivity (Wildman–Crippen MR) is 237 cm³/mol. The minimum absolute atomic E-state index is 0.589. The van der Waals surface area contributed by atoms with Crippen LogP contribution in [0.4, 0.5) is 0 Å². The molecule has 0 aliphatic carbocycles. The summed E-state index contributed by atoms with van der Waals surface area (Å²) < 4.78 is 13.1. The molecule has 9 aromatic carbocycles. The molecule has 12 rings (SSSR count). The number of benzene rings is 9. The molecule has 0 unspecified atom stereocenters. The lowest BCUT2D eigenvalue weighted by Gasteiger charge is -2.14. The molecule has 0 saturated carbocycles. The van der Waals surface area contributed by atoms with Gasteiger partial charge in [-0.25, -0.2) is 15.0 Å². The first-order chi connectivity index (χ1) is 28.8. The molecule has 0 atom stereocenters. The SMILES string of the molecule is c1ccc(-c2nc(-c3ccc(-c4cccc5oc6c(-c7cccc8ccccc78)cccc6c45)c4ccccc34)nc(-c3cccc4oc5ccccc5c34)n2)cc1. The Morgan fingerprint density at radius 1 is 0.276 bits per heavy atom. The molecule has 0 amide bonds. The second kappa shape index (κ2) is 12.8. The summed E-state index contributed by atoms with van der Waals surface area (Å²) >= 11 is 0. The maximum atomic E-state index is 6.78. The zero-order chi connectivity index (χ0) is 38.2. The molecule has 0 N–H and O–H groups in total. The zero-order valence-corrected chi connectivity index (χ0v) is 31.1. The van der Waals surface area contributed by atoms with E-state index in [1.54, 1.807) is 0 Å². The smallest absolute Gasteiger partial charge is 0.164 e. The molecule has 0 radical (unpaired) electrons. The largest absolute Gasteiger partial charge is 0.456 e. The van der Waals surface area contributed by atoms with Crippen molar-refractivity contribution in [3.63, 3.8) is 0 Å². The second-order valence-electron chi connectivity index (χ2n) is 14.6. The van der Waals surface area contributed by atoms with E-state index in [2.05, 4.69) is 127 Å². The molecular formula is C53H31N3O2. The quantitative estimate of drug-likeness (QED) is 0.176. The molecule has 58 heavy (non-hydrogen) atoms. The number of para-hydroxylation sites is 2. The Labute approximate surface area is 332 Å². The fraction of sp³-hybridized carbons (Fsp3) is 0. The van der Waals surface area contributed by atoms with Crippen molar-refractivity contribution in [3.8, 4) is 56.4 Å². The third-order valence-corrected chi connectivity index (χ3v) is 11.4. The van der Waals surface area contributed by atoms with E-state index in [4.69, 9.17) is 23.8 Å². The highest BCUT2D eigenvalue weighted by Gasteiger charge is 2.21. The third kappa shape index (κ3) is 5.00. The van der Waals surface area contributed by atoms with Gasteiger partial charge in [0.2, 0.25) is 0 Å². The van der Waals surface area contributed by atoms with Crippen LogP contribution < -0.4 is 0 Å². The van der Waals surface area contributed by atoms with E-state index in [9.17, 15) is 0 Å². The van der Waals surface area contributed by atoms with Gasteiger partial charge in [0.25, 0.3) is 0 Å². The number of fused-ring (bicyclic) bond motifs is 8. The van der Waals surface area contributed by atoms with Gasteiger partial charge in [0, 0.05) is 43.8 Å². The maximum absolute atomic E-state index is 6.78. The van der Waals surface area contributed by atoms with Gasteiger partial charge in [-0.15, -0.1) is 0 Å². The highest BCUT2D eigenvalue weighted by atomic mass is 16.3. The average Bonchev–Trinajstić information content (AvgIpc) is 3.88. The van der Waals surface area contributed by atoms with Crippen LogP contribution in [0.15, 0.2) is 197 Å². The minimum Gasteiger partial charge on any atom is -0.456 e. The third-order valence-electron chi connectivity index (χ3n) is 11.4. The minimum atomic E-state index is 0.589. The van der Waals surface area contributed by atoms with Gasteiger partial charge in [0.15, 0.2) is 17.5 Å². The Kier molecular flexibility index (Phi) is 7.16. The highest BCUT2D eigenvalue weighted by Crippen LogP contribution is 2.45. The van der Waals surface area contributed by atoms with E-state index in [1.807, 2.05) is 60.7 Å². The lowest BCUT2D eigenvalue weighted by atomic mass is 9.91. The number of hydrogen-bond acceptors (Lipinski definition) is 5. The summed E-state index contributed by atoms with van der Waals surface area (Å²) in [6.07, 6.45) is 0. The van der Waals surface area contributed by atoms with E-state index >= 15 is 0 Å². The van der Waals surface area contributed by atoms with E-state index in [0.717, 1.165) is 93.6 Å². The predicted octanol–water partition coefficient (Wildman–Crippen LogP) is 14.3. The van der Waals surface area contributed by atoms with Crippen molar-refractivity contribution >= 4 is 65.4 Å². The number of rotatable bonds is 5. The molecular weight excluding hydrogens is 711 g/mol. The van der Waals surface area contributed by atoms with Gasteiger partial charge in [-0.2, -0.15) is 0 Å². The summed E-state index contributed by atoms with van der Waals surface area (Å²) in [5.74, 6) is 1.80. The van der Waals surface area contributed by atoms with Crippen LogP contribution in [0.1, 0.15) is 0 Å². The summed E-state index contributed by atoms with van der Waals surface area (Å²) in [5, 5.41) is 8.73. The molecule has 0 spiro atoms. The molecule has 0 bridgehead atoms. The van der Waals surface area contributed by atoms with Crippen LogP contribution in [-0.4, -0.2) is 15.0 Å². The van der Waals surface area contributed by atoms with Gasteiger partial charge in [0.05, 0.1) is 0 Å². The van der Waals surface area contributed by atoms with Gasteiger partial charge >= 0.3 is 0 Å². The molecule has 0 aliphatic heterocycles. The Morgan fingerprint density at radius 2 is 0.776 bits per heavy atom. The molecule has 0 aliphatic rings. The monoisotopic (exact) mass is 741 g/mol. The van der Waals surface area contributed by atoms with E-state index in [-0.39, 0.29) is 0 Å². The first-order valence-electron chi connectivity index (χ1n) is 19.4. The van der Waals surface area contributed by atoms with Gasteiger partial charge in [-0.1, -0.05) is 164 Å². The van der Waals surface area contributed by atoms with Crippen LogP contribution in [0.25, 0.3) is 122 Å². The van der Waals surface area contributed by atoms with Crippen LogP contribution in [0, 0.1) is 0 Å². The Bertz CT molecular complexity index is 3580. The standard InChI is InChI=1S/C53H31N3O2/c1-2-15-33(16-3-1)51-54-52(56-53(55-51)44-26-13-28-46-49(44)42-21-8-9-27-45(42)57-46)41-31-30-38(36-19-6-7-20-37(36)41)39-23-12-29-47-48(39)43-25-11-24-40(50(43)58-47)35-22-10-17-32-14-4-5-18-34(32)35/h1-31H. The van der Waals surface area contributed by atoms with E-state index < -0.39 is 0 Å². The molecule has 3 aromatic heterocycles. The van der Waals surface area contributed by atoms with E-state index in [1.165, 1.54) is 10.8 Å². The van der Waals surface area contributed by atoms with Crippen molar-refractivity contribution in [2.45, 2.75) is 0 Å². The molecule has 0 fully saturated rings. The first kappa shape index (κ1) is 32.4. The molecule has 12 aromatic rings. The first-order valence-corrected chi connectivity index (χ1v) is 19.4. The van der Waals surface area contributed by atoms with Crippen LogP contribution >= 0.6 is 0 Å². The van der Waals surface area contributed by atoms with Gasteiger partial charge in [-0.05, 0) is 62.5 Å². The van der Waals surface area contributed by atoms with Crippen molar-refractivity contribution in [2.75, 3.05) is 0 Å². The Morgan fingerprint density at radius 3 is 1.62 bits per heavy atom. The molecule has 0 saturated heterocycles. The number of nitrogens with zero attached hydrogens (tertiary/aromatic N) is 3. The lowest BCUT2D eigenvalue weighted by Crippen LogP contribution is -2.01. The van der Waals surface area contributed by atoms with Gasteiger partial charge in [-0.3, -0.25) is 0 Å². The fourth-order valence-corrected chi connectivity index (χ4v) is 8.77. The summed E-state index contributed by atoms with van der Waals surface area (Å²) in [5.41, 5.74) is 10.5. The van der Waals surface area contributed by atoms with Gasteiger partial charge < -0.3 is 8.83 Å². The molecule has 5 nitrogen and oxygen atoms in total. The fourth-order valence-electron chi connectivity index (χ4n) is 8.77. The van der Waals surface area contributed by atoms with Crippen LogP contribution in [0.3, 0.4) is 0 Å². The van der Waals surface area contributed by atoms with Crippen LogP contribution in [-0.2, 0) is 0 Å². The molecule has 3 heterocycles.